The van der Waals surface area contributed by atoms with E-state index in [9.17, 15) is 9.59 Å². The fourth-order valence-electron chi connectivity index (χ4n) is 3.66. The highest BCUT2D eigenvalue weighted by Crippen LogP contribution is 2.30. The fourth-order valence-corrected chi connectivity index (χ4v) is 3.66. The number of nitrogens with zero attached hydrogens (tertiary/aromatic N) is 7. The van der Waals surface area contributed by atoms with Crippen molar-refractivity contribution in [2.75, 3.05) is 30.4 Å². The van der Waals surface area contributed by atoms with E-state index in [0.717, 1.165) is 16.8 Å². The lowest BCUT2D eigenvalue weighted by Crippen LogP contribution is -2.33. The van der Waals surface area contributed by atoms with Crippen LogP contribution in [0.1, 0.15) is 29.9 Å². The number of carbonyl (C=O) groups excluding carboxylic acids is 2. The van der Waals surface area contributed by atoms with Crippen molar-refractivity contribution in [2.45, 2.75) is 26.8 Å². The number of aromatic nitrogens is 5. The molecule has 0 spiro atoms. The van der Waals surface area contributed by atoms with Gasteiger partial charge in [0, 0.05) is 38.2 Å². The van der Waals surface area contributed by atoms with Crippen LogP contribution in [0.3, 0.4) is 0 Å². The Hall–Kier alpha value is -4.02. The van der Waals surface area contributed by atoms with Crippen LogP contribution in [0.4, 0.5) is 21.0 Å². The van der Waals surface area contributed by atoms with Crippen molar-refractivity contribution in [3.8, 4) is 5.95 Å². The molecule has 0 bridgehead atoms. The molecule has 1 aliphatic rings. The summed E-state index contributed by atoms with van der Waals surface area (Å²) in [5.74, 6) is 0.867. The van der Waals surface area contributed by atoms with Gasteiger partial charge in [-0.05, 0) is 44.0 Å². The molecule has 1 atom stereocenters. The predicted molar refractivity (Wildman–Crippen MR) is 119 cm³/mol. The normalized spacial score (nSPS) is 14.6. The third kappa shape index (κ3) is 4.09. The van der Waals surface area contributed by atoms with Gasteiger partial charge in [0.05, 0.1) is 11.7 Å². The monoisotopic (exact) mass is 435 g/mol. The number of rotatable bonds is 5. The van der Waals surface area contributed by atoms with Crippen LogP contribution >= 0.6 is 0 Å². The fraction of sp³-hybridized carbons (Fsp3) is 0.333. The molecule has 11 heteroatoms. The van der Waals surface area contributed by atoms with Crippen molar-refractivity contribution < 1.29 is 9.59 Å². The first-order chi connectivity index (χ1) is 15.3. The molecule has 0 radical (unpaired) electrons. The quantitative estimate of drug-likeness (QED) is 0.635. The van der Waals surface area contributed by atoms with Crippen molar-refractivity contribution >= 4 is 23.4 Å². The van der Waals surface area contributed by atoms with Crippen LogP contribution < -0.4 is 15.5 Å². The second kappa shape index (κ2) is 8.61. The zero-order valence-electron chi connectivity index (χ0n) is 18.4. The summed E-state index contributed by atoms with van der Waals surface area (Å²) >= 11 is 0. The number of hydrogen-bond acceptors (Lipinski definition) is 6. The van der Waals surface area contributed by atoms with Gasteiger partial charge in [-0.15, -0.1) is 0 Å². The van der Waals surface area contributed by atoms with Crippen molar-refractivity contribution in [3.63, 3.8) is 0 Å². The molecule has 1 aliphatic heterocycles. The summed E-state index contributed by atoms with van der Waals surface area (Å²) in [5, 5.41) is 9.92. The van der Waals surface area contributed by atoms with Gasteiger partial charge in [-0.25, -0.2) is 24.5 Å². The minimum absolute atomic E-state index is 0.0524. The number of likely N-dealkylation sites (N-methyl/N-ethyl adjacent to an activating group) is 1. The van der Waals surface area contributed by atoms with E-state index in [-0.39, 0.29) is 6.03 Å². The number of benzene rings is 1. The Balaban J connectivity index is 1.50. The maximum Gasteiger partial charge on any atom is 0.324 e. The average Bonchev–Trinajstić information content (AvgIpc) is 3.38. The Morgan fingerprint density at radius 1 is 1.09 bits per heavy atom. The van der Waals surface area contributed by atoms with Gasteiger partial charge in [0.15, 0.2) is 5.82 Å². The first-order valence-corrected chi connectivity index (χ1v) is 10.2. The molecule has 32 heavy (non-hydrogen) atoms. The number of amides is 4. The average molecular weight is 435 g/mol. The molecule has 1 fully saturated rings. The van der Waals surface area contributed by atoms with Crippen molar-refractivity contribution in [1.29, 1.82) is 0 Å². The lowest BCUT2D eigenvalue weighted by Gasteiger charge is -2.21. The Morgan fingerprint density at radius 2 is 1.84 bits per heavy atom. The molecule has 3 heterocycles. The molecule has 2 aromatic heterocycles. The van der Waals surface area contributed by atoms with Crippen LogP contribution in [-0.4, -0.2) is 61.8 Å². The zero-order chi connectivity index (χ0) is 22.8. The Bertz CT molecular complexity index is 1150. The van der Waals surface area contributed by atoms with Gasteiger partial charge in [0.2, 0.25) is 0 Å². The minimum atomic E-state index is -0.458. The summed E-state index contributed by atoms with van der Waals surface area (Å²) in [7, 11) is 1.78. The largest absolute Gasteiger partial charge is 0.328 e. The topological polar surface area (TPSA) is 121 Å². The third-order valence-electron chi connectivity index (χ3n) is 5.35. The van der Waals surface area contributed by atoms with Crippen molar-refractivity contribution in [1.82, 2.24) is 34.9 Å². The van der Waals surface area contributed by atoms with E-state index in [1.54, 1.807) is 42.2 Å². The molecular weight excluding hydrogens is 410 g/mol. The molecule has 3 aromatic rings. The Labute approximate surface area is 185 Å². The van der Waals surface area contributed by atoms with Crippen LogP contribution in [0.15, 0.2) is 36.9 Å². The van der Waals surface area contributed by atoms with Crippen molar-refractivity contribution in [2.24, 2.45) is 0 Å². The van der Waals surface area contributed by atoms with Crippen molar-refractivity contribution in [3.05, 3.63) is 53.9 Å². The zero-order valence-corrected chi connectivity index (χ0v) is 18.4. The highest BCUT2D eigenvalue weighted by molar-refractivity contribution is 5.97. The minimum Gasteiger partial charge on any atom is -0.328 e. The number of nitrogens with one attached hydrogen (secondary N) is 2. The molecule has 166 valence electrons. The van der Waals surface area contributed by atoms with E-state index >= 15 is 0 Å². The Morgan fingerprint density at radius 3 is 2.53 bits per heavy atom. The second-order valence-electron chi connectivity index (χ2n) is 7.71. The summed E-state index contributed by atoms with van der Waals surface area (Å²) in [4.78, 5) is 41.2. The lowest BCUT2D eigenvalue weighted by molar-refractivity contribution is 0.229. The van der Waals surface area contributed by atoms with E-state index < -0.39 is 12.1 Å². The van der Waals surface area contributed by atoms with Crippen LogP contribution in [-0.2, 0) is 0 Å². The van der Waals surface area contributed by atoms with Crippen LogP contribution in [0.25, 0.3) is 5.95 Å². The second-order valence-corrected chi connectivity index (χ2v) is 7.71. The first-order valence-electron chi connectivity index (χ1n) is 10.2. The summed E-state index contributed by atoms with van der Waals surface area (Å²) < 4.78 is 1.48. The molecule has 4 amide bonds. The first kappa shape index (κ1) is 21.2. The summed E-state index contributed by atoms with van der Waals surface area (Å²) in [6, 6.07) is 4.60. The maximum absolute atomic E-state index is 12.8. The van der Waals surface area contributed by atoms with Crippen LogP contribution in [0.5, 0.6) is 0 Å². The lowest BCUT2D eigenvalue weighted by atomic mass is 10.1. The molecule has 4 rings (SSSR count). The summed E-state index contributed by atoms with van der Waals surface area (Å²) in [6.07, 6.45) is 4.61. The maximum atomic E-state index is 12.8. The SMILES string of the molecule is Cc1cc(C)c(N2CCN(C)C2=O)cc1NC(=O)NC(C)c1ncnn1-c1ncccn1. The molecular formula is C21H25N9O2. The summed E-state index contributed by atoms with van der Waals surface area (Å²) in [5.41, 5.74) is 3.29. The molecule has 1 saturated heterocycles. The van der Waals surface area contributed by atoms with Gasteiger partial charge < -0.3 is 15.5 Å². The molecule has 11 nitrogen and oxygen atoms in total. The van der Waals surface area contributed by atoms with Gasteiger partial charge in [-0.3, -0.25) is 4.90 Å². The number of carbonyl (C=O) groups is 2. The van der Waals surface area contributed by atoms with Crippen LogP contribution in [0, 0.1) is 13.8 Å². The van der Waals surface area contributed by atoms with E-state index in [1.807, 2.05) is 26.0 Å². The molecule has 1 aromatic carbocycles. The van der Waals surface area contributed by atoms with Gasteiger partial charge in [0.25, 0.3) is 5.95 Å². The smallest absolute Gasteiger partial charge is 0.324 e. The van der Waals surface area contributed by atoms with Crippen LogP contribution in [0.2, 0.25) is 0 Å². The Kier molecular flexibility index (Phi) is 5.71. The predicted octanol–water partition coefficient (Wildman–Crippen LogP) is 2.43. The van der Waals surface area contributed by atoms with E-state index in [1.165, 1.54) is 11.0 Å². The highest BCUT2D eigenvalue weighted by atomic mass is 16.2. The van der Waals surface area contributed by atoms with E-state index in [0.29, 0.717) is 30.5 Å². The number of urea groups is 2. The molecule has 1 unspecified atom stereocenters. The molecule has 0 aliphatic carbocycles. The van der Waals surface area contributed by atoms with Gasteiger partial charge >= 0.3 is 12.1 Å². The number of anilines is 2. The number of hydrogen-bond donors (Lipinski definition) is 2. The van der Waals surface area contributed by atoms with E-state index in [4.69, 9.17) is 0 Å². The molecule has 0 saturated carbocycles. The van der Waals surface area contributed by atoms with E-state index in [2.05, 4.69) is 30.7 Å². The third-order valence-corrected chi connectivity index (χ3v) is 5.35. The standard InChI is InChI=1S/C21H25N9O2/c1-13-10-14(2)17(29-9-8-28(4)21(29)32)11-16(13)27-20(31)26-15(3)18-24-12-25-30(18)19-22-6-5-7-23-19/h5-7,10-12,15H,8-9H2,1-4H3,(H2,26,27,31). The van der Waals surface area contributed by atoms with Gasteiger partial charge in [-0.2, -0.15) is 9.78 Å². The molecule has 2 N–H and O–H groups in total. The highest BCUT2D eigenvalue weighted by Gasteiger charge is 2.28. The summed E-state index contributed by atoms with van der Waals surface area (Å²) in [6.45, 7) is 6.95. The van der Waals surface area contributed by atoms with Gasteiger partial charge in [0.1, 0.15) is 6.33 Å². The number of aryl methyl sites for hydroxylation is 2. The van der Waals surface area contributed by atoms with Gasteiger partial charge in [-0.1, -0.05) is 6.07 Å².